The van der Waals surface area contributed by atoms with Crippen LogP contribution in [-0.4, -0.2) is 32.2 Å². The maximum Gasteiger partial charge on any atom is 0.332 e. The van der Waals surface area contributed by atoms with Gasteiger partial charge in [0, 0.05) is 39.6 Å². The SMILES string of the molecule is Cn1c(NCCNc2cnccn2)c(C#N)c(=O)n(C)c1=O. The summed E-state index contributed by atoms with van der Waals surface area (Å²) in [6.45, 7) is 0.874. The van der Waals surface area contributed by atoms with Gasteiger partial charge in [-0.25, -0.2) is 9.78 Å². The fourth-order valence-electron chi connectivity index (χ4n) is 1.91. The van der Waals surface area contributed by atoms with E-state index in [0.717, 1.165) is 4.57 Å². The summed E-state index contributed by atoms with van der Waals surface area (Å²) in [6.07, 6.45) is 4.71. The van der Waals surface area contributed by atoms with Gasteiger partial charge in [0.05, 0.1) is 6.20 Å². The summed E-state index contributed by atoms with van der Waals surface area (Å²) in [6, 6.07) is 1.83. The molecule has 0 spiro atoms. The molecule has 0 aliphatic heterocycles. The summed E-state index contributed by atoms with van der Waals surface area (Å²) in [5.41, 5.74) is -1.20. The molecule has 0 radical (unpaired) electrons. The second kappa shape index (κ2) is 6.53. The summed E-state index contributed by atoms with van der Waals surface area (Å²) >= 11 is 0. The van der Waals surface area contributed by atoms with E-state index >= 15 is 0 Å². The molecule has 114 valence electrons. The predicted octanol–water partition coefficient (Wildman–Crippen LogP) is -0.730. The first-order valence-corrected chi connectivity index (χ1v) is 6.50. The van der Waals surface area contributed by atoms with E-state index < -0.39 is 11.2 Å². The first-order valence-electron chi connectivity index (χ1n) is 6.50. The van der Waals surface area contributed by atoms with Crippen LogP contribution in [0.5, 0.6) is 0 Å². The molecule has 2 N–H and O–H groups in total. The second-order valence-corrected chi connectivity index (χ2v) is 4.49. The number of nitrogens with zero attached hydrogens (tertiary/aromatic N) is 5. The van der Waals surface area contributed by atoms with E-state index in [1.54, 1.807) is 18.6 Å². The maximum atomic E-state index is 11.9. The molecule has 9 nitrogen and oxygen atoms in total. The maximum absolute atomic E-state index is 11.9. The van der Waals surface area contributed by atoms with E-state index in [1.165, 1.54) is 18.7 Å². The monoisotopic (exact) mass is 301 g/mol. The van der Waals surface area contributed by atoms with Crippen LogP contribution in [0.15, 0.2) is 28.2 Å². The second-order valence-electron chi connectivity index (χ2n) is 4.49. The van der Waals surface area contributed by atoms with Gasteiger partial charge in [0.2, 0.25) is 0 Å². The van der Waals surface area contributed by atoms with Gasteiger partial charge >= 0.3 is 5.69 Å². The summed E-state index contributed by atoms with van der Waals surface area (Å²) in [7, 11) is 2.84. The Morgan fingerprint density at radius 1 is 1.18 bits per heavy atom. The molecule has 0 atom stereocenters. The lowest BCUT2D eigenvalue weighted by molar-refractivity contribution is 0.685. The van der Waals surface area contributed by atoms with Crippen molar-refractivity contribution in [3.63, 3.8) is 0 Å². The molecule has 9 heteroatoms. The van der Waals surface area contributed by atoms with Gasteiger partial charge in [-0.3, -0.25) is 18.9 Å². The highest BCUT2D eigenvalue weighted by Crippen LogP contribution is 2.06. The van der Waals surface area contributed by atoms with Crippen molar-refractivity contribution in [3.05, 3.63) is 45.0 Å². The Balaban J connectivity index is 2.12. The molecule has 0 aliphatic carbocycles. The van der Waals surface area contributed by atoms with Crippen LogP contribution in [-0.2, 0) is 14.1 Å². The molecular weight excluding hydrogens is 286 g/mol. The Morgan fingerprint density at radius 3 is 2.55 bits per heavy atom. The molecule has 0 saturated carbocycles. The van der Waals surface area contributed by atoms with Crippen molar-refractivity contribution < 1.29 is 0 Å². The minimum atomic E-state index is -0.616. The fraction of sp³-hybridized carbons (Fsp3) is 0.308. The number of nitriles is 1. The number of rotatable bonds is 5. The van der Waals surface area contributed by atoms with Gasteiger partial charge in [-0.05, 0) is 0 Å². The van der Waals surface area contributed by atoms with Crippen LogP contribution >= 0.6 is 0 Å². The molecule has 0 aliphatic rings. The summed E-state index contributed by atoms with van der Waals surface area (Å²) in [5, 5.41) is 15.1. The van der Waals surface area contributed by atoms with E-state index in [2.05, 4.69) is 20.6 Å². The van der Waals surface area contributed by atoms with Crippen LogP contribution in [0.3, 0.4) is 0 Å². The van der Waals surface area contributed by atoms with E-state index in [4.69, 9.17) is 5.26 Å². The molecule has 2 rings (SSSR count). The highest BCUT2D eigenvalue weighted by molar-refractivity contribution is 5.51. The predicted molar refractivity (Wildman–Crippen MR) is 80.7 cm³/mol. The van der Waals surface area contributed by atoms with Crippen molar-refractivity contribution in [1.82, 2.24) is 19.1 Å². The normalized spacial score (nSPS) is 10.0. The number of hydrogen-bond donors (Lipinski definition) is 2. The van der Waals surface area contributed by atoms with Crippen molar-refractivity contribution in [3.8, 4) is 6.07 Å². The van der Waals surface area contributed by atoms with Crippen LogP contribution < -0.4 is 21.9 Å². The van der Waals surface area contributed by atoms with Crippen molar-refractivity contribution in [2.24, 2.45) is 14.1 Å². The zero-order chi connectivity index (χ0) is 16.1. The Labute approximate surface area is 125 Å². The fourth-order valence-corrected chi connectivity index (χ4v) is 1.91. The Bertz CT molecular complexity index is 817. The molecular formula is C13H15N7O2. The molecule has 0 unspecified atom stereocenters. The van der Waals surface area contributed by atoms with Crippen LogP contribution in [0.1, 0.15) is 5.56 Å². The van der Waals surface area contributed by atoms with Gasteiger partial charge < -0.3 is 10.6 Å². The molecule has 0 bridgehead atoms. The largest absolute Gasteiger partial charge is 0.368 e. The highest BCUT2D eigenvalue weighted by atomic mass is 16.2. The molecule has 0 saturated heterocycles. The van der Waals surface area contributed by atoms with E-state index in [9.17, 15) is 9.59 Å². The number of nitrogens with one attached hydrogen (secondary N) is 2. The lowest BCUT2D eigenvalue weighted by Crippen LogP contribution is -2.40. The smallest absolute Gasteiger partial charge is 0.332 e. The summed E-state index contributed by atoms with van der Waals surface area (Å²) in [4.78, 5) is 31.7. The summed E-state index contributed by atoms with van der Waals surface area (Å²) in [5.74, 6) is 0.819. The molecule has 2 heterocycles. The zero-order valence-corrected chi connectivity index (χ0v) is 12.2. The standard InChI is InChI=1S/C13H15N7O2/c1-19-11(9(7-14)12(21)20(2)13(19)22)18-6-5-17-10-8-15-3-4-16-10/h3-4,8,18H,5-6H2,1-2H3,(H,16,17). The zero-order valence-electron chi connectivity index (χ0n) is 12.2. The van der Waals surface area contributed by atoms with Crippen LogP contribution in [0.25, 0.3) is 0 Å². The quantitative estimate of drug-likeness (QED) is 0.699. The average molecular weight is 301 g/mol. The highest BCUT2D eigenvalue weighted by Gasteiger charge is 2.14. The van der Waals surface area contributed by atoms with Gasteiger partial charge in [0.1, 0.15) is 17.7 Å². The Hall–Kier alpha value is -3.15. The van der Waals surface area contributed by atoms with Gasteiger partial charge in [0.15, 0.2) is 5.56 Å². The Morgan fingerprint density at radius 2 is 1.91 bits per heavy atom. The van der Waals surface area contributed by atoms with E-state index in [0.29, 0.717) is 18.9 Å². The first kappa shape index (κ1) is 15.2. The molecule has 2 aromatic heterocycles. The molecule has 0 amide bonds. The molecule has 2 aromatic rings. The number of anilines is 2. The third-order valence-corrected chi connectivity index (χ3v) is 3.06. The summed E-state index contributed by atoms with van der Waals surface area (Å²) < 4.78 is 2.14. The molecule has 22 heavy (non-hydrogen) atoms. The van der Waals surface area contributed by atoms with E-state index in [-0.39, 0.29) is 11.4 Å². The van der Waals surface area contributed by atoms with Gasteiger partial charge in [-0.15, -0.1) is 0 Å². The topological polar surface area (TPSA) is 118 Å². The molecule has 0 aromatic carbocycles. The van der Waals surface area contributed by atoms with Gasteiger partial charge in [-0.1, -0.05) is 0 Å². The number of hydrogen-bond acceptors (Lipinski definition) is 7. The van der Waals surface area contributed by atoms with Crippen LogP contribution in [0.2, 0.25) is 0 Å². The molecule has 0 fully saturated rings. The van der Waals surface area contributed by atoms with Gasteiger partial charge in [-0.2, -0.15) is 5.26 Å². The average Bonchev–Trinajstić information content (AvgIpc) is 2.55. The minimum absolute atomic E-state index is 0.0934. The van der Waals surface area contributed by atoms with Crippen molar-refractivity contribution in [2.45, 2.75) is 0 Å². The van der Waals surface area contributed by atoms with Crippen LogP contribution in [0.4, 0.5) is 11.6 Å². The third-order valence-electron chi connectivity index (χ3n) is 3.06. The first-order chi connectivity index (χ1) is 10.6. The minimum Gasteiger partial charge on any atom is -0.368 e. The van der Waals surface area contributed by atoms with Crippen LogP contribution in [0, 0.1) is 11.3 Å². The third kappa shape index (κ3) is 2.95. The Kier molecular flexibility index (Phi) is 4.53. The van der Waals surface area contributed by atoms with Crippen molar-refractivity contribution in [1.29, 1.82) is 5.26 Å². The van der Waals surface area contributed by atoms with Gasteiger partial charge in [0.25, 0.3) is 5.56 Å². The lowest BCUT2D eigenvalue weighted by atomic mass is 10.3. The lowest BCUT2D eigenvalue weighted by Gasteiger charge is -2.13. The van der Waals surface area contributed by atoms with Crippen molar-refractivity contribution >= 4 is 11.6 Å². The number of aromatic nitrogens is 4. The van der Waals surface area contributed by atoms with E-state index in [1.807, 2.05) is 6.07 Å². The van der Waals surface area contributed by atoms with Crippen molar-refractivity contribution in [2.75, 3.05) is 23.7 Å².